The van der Waals surface area contributed by atoms with Gasteiger partial charge < -0.3 is 10.2 Å². The molecule has 2 aliphatic heterocycles. The first-order valence-corrected chi connectivity index (χ1v) is 8.43. The van der Waals surface area contributed by atoms with Gasteiger partial charge in [0.1, 0.15) is 0 Å². The van der Waals surface area contributed by atoms with Crippen molar-refractivity contribution in [2.45, 2.75) is 52.0 Å². The molecule has 0 bridgehead atoms. The Bertz CT molecular complexity index is 300. The Balaban J connectivity index is 1.70. The topological polar surface area (TPSA) is 35.6 Å². The summed E-state index contributed by atoms with van der Waals surface area (Å²) < 4.78 is 0. The third-order valence-electron chi connectivity index (χ3n) is 4.87. The Kier molecular flexibility index (Phi) is 6.30. The van der Waals surface area contributed by atoms with E-state index in [9.17, 15) is 4.79 Å². The fraction of sp³-hybridized carbons (Fsp3) is 0.938. The average Bonchev–Trinajstić information content (AvgIpc) is 2.47. The largest absolute Gasteiger partial charge is 0.339 e. The number of carbonyl (C=O) groups is 1. The molecule has 2 aliphatic rings. The monoisotopic (exact) mass is 281 g/mol. The molecule has 0 spiro atoms. The summed E-state index contributed by atoms with van der Waals surface area (Å²) in [6.07, 6.45) is 6.10. The molecule has 1 amide bonds. The third kappa shape index (κ3) is 4.45. The summed E-state index contributed by atoms with van der Waals surface area (Å²) in [4.78, 5) is 16.9. The number of rotatable bonds is 5. The molecule has 116 valence electrons. The van der Waals surface area contributed by atoms with Crippen LogP contribution in [0.25, 0.3) is 0 Å². The Morgan fingerprint density at radius 1 is 1.15 bits per heavy atom. The Labute approximate surface area is 123 Å². The molecule has 0 saturated carbocycles. The van der Waals surface area contributed by atoms with Crippen LogP contribution in [0.15, 0.2) is 0 Å². The highest BCUT2D eigenvalue weighted by Gasteiger charge is 2.26. The van der Waals surface area contributed by atoms with Gasteiger partial charge in [-0.15, -0.1) is 0 Å². The summed E-state index contributed by atoms with van der Waals surface area (Å²) in [6.45, 7) is 10.3. The molecule has 4 heteroatoms. The second kappa shape index (κ2) is 7.99. The lowest BCUT2D eigenvalue weighted by Crippen LogP contribution is -2.48. The maximum Gasteiger partial charge on any atom is 0.236 e. The van der Waals surface area contributed by atoms with Gasteiger partial charge in [-0.25, -0.2) is 0 Å². The van der Waals surface area contributed by atoms with Crippen LogP contribution in [0.2, 0.25) is 0 Å². The van der Waals surface area contributed by atoms with Crippen LogP contribution in [0.3, 0.4) is 0 Å². The molecule has 1 N–H and O–H groups in total. The van der Waals surface area contributed by atoms with Gasteiger partial charge in [-0.05, 0) is 71.1 Å². The van der Waals surface area contributed by atoms with E-state index in [1.54, 1.807) is 0 Å². The van der Waals surface area contributed by atoms with Gasteiger partial charge in [0, 0.05) is 12.6 Å². The lowest BCUT2D eigenvalue weighted by atomic mass is 9.96. The molecule has 0 radical (unpaired) electrons. The second-order valence-corrected chi connectivity index (χ2v) is 6.46. The number of carbonyl (C=O) groups excluding carboxylic acids is 1. The van der Waals surface area contributed by atoms with Crippen LogP contribution in [0.5, 0.6) is 0 Å². The number of nitrogens with zero attached hydrogens (tertiary/aromatic N) is 2. The Hall–Kier alpha value is -0.610. The zero-order valence-corrected chi connectivity index (χ0v) is 13.2. The first-order valence-electron chi connectivity index (χ1n) is 8.43. The molecule has 2 fully saturated rings. The van der Waals surface area contributed by atoms with E-state index in [1.807, 2.05) is 0 Å². The number of likely N-dealkylation sites (tertiary alicyclic amines) is 2. The van der Waals surface area contributed by atoms with E-state index in [0.717, 1.165) is 38.6 Å². The van der Waals surface area contributed by atoms with Crippen molar-refractivity contribution in [2.75, 3.05) is 39.3 Å². The number of piperidine rings is 2. The molecule has 1 unspecified atom stereocenters. The molecule has 0 aromatic heterocycles. The van der Waals surface area contributed by atoms with Crippen LogP contribution < -0.4 is 5.32 Å². The maximum atomic E-state index is 12.4. The van der Waals surface area contributed by atoms with Crippen LogP contribution >= 0.6 is 0 Å². The van der Waals surface area contributed by atoms with Gasteiger partial charge in [0.15, 0.2) is 0 Å². The molecule has 0 aliphatic carbocycles. The van der Waals surface area contributed by atoms with Crippen molar-refractivity contribution in [2.24, 2.45) is 5.92 Å². The normalized spacial score (nSPS) is 25.9. The molecule has 2 rings (SSSR count). The minimum absolute atomic E-state index is 0.349. The van der Waals surface area contributed by atoms with Crippen LogP contribution in [-0.2, 0) is 4.79 Å². The van der Waals surface area contributed by atoms with Crippen LogP contribution in [0, 0.1) is 5.92 Å². The van der Waals surface area contributed by atoms with Gasteiger partial charge in [-0.3, -0.25) is 9.69 Å². The number of amides is 1. The maximum absolute atomic E-state index is 12.4. The zero-order chi connectivity index (χ0) is 14.4. The van der Waals surface area contributed by atoms with Gasteiger partial charge in [-0.1, -0.05) is 6.92 Å². The van der Waals surface area contributed by atoms with E-state index < -0.39 is 0 Å². The highest BCUT2D eigenvalue weighted by molar-refractivity contribution is 5.78. The van der Waals surface area contributed by atoms with Crippen molar-refractivity contribution in [1.29, 1.82) is 0 Å². The van der Waals surface area contributed by atoms with Crippen molar-refractivity contribution in [1.82, 2.24) is 15.1 Å². The molecule has 2 saturated heterocycles. The van der Waals surface area contributed by atoms with Crippen LogP contribution in [0.4, 0.5) is 0 Å². The smallest absolute Gasteiger partial charge is 0.236 e. The molecule has 1 atom stereocenters. The predicted molar refractivity (Wildman–Crippen MR) is 82.7 cm³/mol. The number of hydrogen-bond acceptors (Lipinski definition) is 3. The van der Waals surface area contributed by atoms with Gasteiger partial charge in [0.25, 0.3) is 0 Å². The van der Waals surface area contributed by atoms with E-state index in [-0.39, 0.29) is 0 Å². The first-order chi connectivity index (χ1) is 9.70. The molecular weight excluding hydrogens is 250 g/mol. The average molecular weight is 281 g/mol. The summed E-state index contributed by atoms with van der Waals surface area (Å²) in [5.41, 5.74) is 0. The molecule has 0 aromatic carbocycles. The summed E-state index contributed by atoms with van der Waals surface area (Å²) >= 11 is 0. The van der Waals surface area contributed by atoms with Crippen molar-refractivity contribution in [3.63, 3.8) is 0 Å². The summed E-state index contributed by atoms with van der Waals surface area (Å²) in [5.74, 6) is 1.15. The van der Waals surface area contributed by atoms with E-state index >= 15 is 0 Å². The predicted octanol–water partition coefficient (Wildman–Crippen LogP) is 1.71. The van der Waals surface area contributed by atoms with Crippen molar-refractivity contribution >= 4 is 5.91 Å². The lowest BCUT2D eigenvalue weighted by molar-refractivity contribution is -0.136. The zero-order valence-electron chi connectivity index (χ0n) is 13.2. The fourth-order valence-electron chi connectivity index (χ4n) is 3.45. The highest BCUT2D eigenvalue weighted by atomic mass is 16.2. The van der Waals surface area contributed by atoms with Crippen LogP contribution in [-0.4, -0.2) is 61.0 Å². The number of hydrogen-bond donors (Lipinski definition) is 1. The van der Waals surface area contributed by atoms with E-state index in [0.29, 0.717) is 18.5 Å². The third-order valence-corrected chi connectivity index (χ3v) is 4.87. The SMILES string of the molecule is CCNCC1CCN(CC(=O)N2CCCCC2C)CC1. The summed E-state index contributed by atoms with van der Waals surface area (Å²) in [7, 11) is 0. The van der Waals surface area contributed by atoms with Gasteiger partial charge in [0.05, 0.1) is 6.54 Å². The summed E-state index contributed by atoms with van der Waals surface area (Å²) in [6, 6.07) is 0.447. The van der Waals surface area contributed by atoms with Gasteiger partial charge in [-0.2, -0.15) is 0 Å². The first kappa shape index (κ1) is 15.8. The van der Waals surface area contributed by atoms with Crippen molar-refractivity contribution < 1.29 is 4.79 Å². The van der Waals surface area contributed by atoms with E-state index in [2.05, 4.69) is 29.0 Å². The minimum Gasteiger partial charge on any atom is -0.339 e. The second-order valence-electron chi connectivity index (χ2n) is 6.46. The molecule has 2 heterocycles. The molecule has 20 heavy (non-hydrogen) atoms. The fourth-order valence-corrected chi connectivity index (χ4v) is 3.45. The van der Waals surface area contributed by atoms with Gasteiger partial charge >= 0.3 is 0 Å². The highest BCUT2D eigenvalue weighted by Crippen LogP contribution is 2.19. The molecular formula is C16H31N3O. The summed E-state index contributed by atoms with van der Waals surface area (Å²) in [5, 5.41) is 3.44. The molecule has 4 nitrogen and oxygen atoms in total. The number of nitrogens with one attached hydrogen (secondary N) is 1. The van der Waals surface area contributed by atoms with Crippen molar-refractivity contribution in [3.8, 4) is 0 Å². The standard InChI is InChI=1S/C16H31N3O/c1-3-17-12-15-7-10-18(11-8-15)13-16(20)19-9-5-4-6-14(19)2/h14-15,17H,3-13H2,1-2H3. The minimum atomic E-state index is 0.349. The Morgan fingerprint density at radius 2 is 1.90 bits per heavy atom. The van der Waals surface area contributed by atoms with Gasteiger partial charge in [0.2, 0.25) is 5.91 Å². The van der Waals surface area contributed by atoms with E-state index in [4.69, 9.17) is 0 Å². The lowest BCUT2D eigenvalue weighted by Gasteiger charge is -2.37. The Morgan fingerprint density at radius 3 is 2.55 bits per heavy atom. The molecule has 0 aromatic rings. The quantitative estimate of drug-likeness (QED) is 0.833. The van der Waals surface area contributed by atoms with Crippen molar-refractivity contribution in [3.05, 3.63) is 0 Å². The van der Waals surface area contributed by atoms with E-state index in [1.165, 1.54) is 32.1 Å². The van der Waals surface area contributed by atoms with Crippen LogP contribution in [0.1, 0.15) is 46.0 Å².